The van der Waals surface area contributed by atoms with Crippen LogP contribution in [-0.4, -0.2) is 13.4 Å². The van der Waals surface area contributed by atoms with E-state index in [-0.39, 0.29) is 5.75 Å². The molecule has 0 aliphatic heterocycles. The first-order valence-corrected chi connectivity index (χ1v) is 8.48. The zero-order chi connectivity index (χ0) is 14.4. The summed E-state index contributed by atoms with van der Waals surface area (Å²) < 4.78 is 24.8. The number of nitrogens with zero attached hydrogens (tertiary/aromatic N) is 1. The molecule has 1 aromatic heterocycles. The largest absolute Gasteiger partial charge is 0.264 e. The maximum atomic E-state index is 12.4. The summed E-state index contributed by atoms with van der Waals surface area (Å²) in [4.78, 5) is 4.48. The number of aromatic nitrogens is 1. The van der Waals surface area contributed by atoms with Gasteiger partial charge in [-0.2, -0.15) is 0 Å². The maximum Gasteiger partial charge on any atom is 0.182 e. The minimum atomic E-state index is -3.29. The second-order valence-electron chi connectivity index (χ2n) is 4.82. The van der Waals surface area contributed by atoms with Crippen LogP contribution < -0.4 is 0 Å². The highest BCUT2D eigenvalue weighted by Crippen LogP contribution is 2.19. The molecule has 0 aliphatic carbocycles. The fraction of sp³-hybridized carbons (Fsp3) is 0.312. The topological polar surface area (TPSA) is 47.0 Å². The van der Waals surface area contributed by atoms with E-state index in [4.69, 9.17) is 0 Å². The molecule has 0 saturated heterocycles. The van der Waals surface area contributed by atoms with E-state index in [0.717, 1.165) is 30.4 Å². The first-order valence-electron chi connectivity index (χ1n) is 6.83. The minimum absolute atomic E-state index is 0.0403. The molecule has 106 valence electrons. The summed E-state index contributed by atoms with van der Waals surface area (Å²) in [5, 5.41) is 0. The molecule has 1 aromatic carbocycles. The van der Waals surface area contributed by atoms with Gasteiger partial charge in [0.1, 0.15) is 0 Å². The van der Waals surface area contributed by atoms with Gasteiger partial charge < -0.3 is 0 Å². The molecule has 3 nitrogen and oxygen atoms in total. The van der Waals surface area contributed by atoms with E-state index in [9.17, 15) is 8.42 Å². The summed E-state index contributed by atoms with van der Waals surface area (Å²) in [7, 11) is -3.29. The zero-order valence-electron chi connectivity index (χ0n) is 11.6. The number of hydrogen-bond donors (Lipinski definition) is 0. The Bertz CT molecular complexity index is 651. The Morgan fingerprint density at radius 2 is 1.80 bits per heavy atom. The molecule has 0 bridgehead atoms. The lowest BCUT2D eigenvalue weighted by Crippen LogP contribution is -2.07. The fourth-order valence-corrected chi connectivity index (χ4v) is 3.53. The molecule has 0 radical (unpaired) electrons. The first-order chi connectivity index (χ1) is 9.63. The summed E-state index contributed by atoms with van der Waals surface area (Å²) >= 11 is 0. The summed E-state index contributed by atoms with van der Waals surface area (Å²) in [6.07, 6.45) is 6.45. The van der Waals surface area contributed by atoms with Crippen LogP contribution >= 0.6 is 0 Å². The van der Waals surface area contributed by atoms with Gasteiger partial charge in [-0.1, -0.05) is 31.5 Å². The third kappa shape index (κ3) is 3.67. The lowest BCUT2D eigenvalue weighted by Gasteiger charge is -2.09. The van der Waals surface area contributed by atoms with E-state index in [0.29, 0.717) is 4.90 Å². The maximum absolute atomic E-state index is 12.4. The molecule has 2 aromatic rings. The van der Waals surface area contributed by atoms with E-state index in [1.165, 1.54) is 0 Å². The SMILES string of the molecule is CCCCc1cnccc1CS(=O)(=O)c1ccccc1. The molecule has 0 aliphatic rings. The Morgan fingerprint density at radius 3 is 2.50 bits per heavy atom. The molecular weight excluding hydrogens is 270 g/mol. The van der Waals surface area contributed by atoms with Gasteiger partial charge in [-0.25, -0.2) is 8.42 Å². The molecule has 2 rings (SSSR count). The van der Waals surface area contributed by atoms with Gasteiger partial charge >= 0.3 is 0 Å². The summed E-state index contributed by atoms with van der Waals surface area (Å²) in [6, 6.07) is 10.4. The smallest absolute Gasteiger partial charge is 0.182 e. The van der Waals surface area contributed by atoms with Crippen LogP contribution in [0.4, 0.5) is 0 Å². The molecular formula is C16H19NO2S. The Morgan fingerprint density at radius 1 is 1.05 bits per heavy atom. The second-order valence-corrected chi connectivity index (χ2v) is 6.81. The third-order valence-electron chi connectivity index (χ3n) is 3.25. The molecule has 0 N–H and O–H groups in total. The Labute approximate surface area is 120 Å². The average molecular weight is 289 g/mol. The molecule has 0 fully saturated rings. The van der Waals surface area contributed by atoms with Gasteiger partial charge in [0.05, 0.1) is 10.6 Å². The Hall–Kier alpha value is -1.68. The number of aryl methyl sites for hydroxylation is 1. The van der Waals surface area contributed by atoms with E-state index in [1.54, 1.807) is 36.7 Å². The number of rotatable bonds is 6. The van der Waals surface area contributed by atoms with E-state index in [2.05, 4.69) is 11.9 Å². The number of sulfone groups is 1. The molecule has 1 heterocycles. The first kappa shape index (κ1) is 14.7. The molecule has 4 heteroatoms. The lowest BCUT2D eigenvalue weighted by molar-refractivity contribution is 0.595. The van der Waals surface area contributed by atoms with Gasteiger partial charge in [0, 0.05) is 12.4 Å². The van der Waals surface area contributed by atoms with Crippen molar-refractivity contribution in [2.75, 3.05) is 0 Å². The fourth-order valence-electron chi connectivity index (χ4n) is 2.10. The van der Waals surface area contributed by atoms with Gasteiger partial charge in [-0.15, -0.1) is 0 Å². The molecule has 0 unspecified atom stereocenters. The highest BCUT2D eigenvalue weighted by molar-refractivity contribution is 7.90. The lowest BCUT2D eigenvalue weighted by atomic mass is 10.1. The molecule has 20 heavy (non-hydrogen) atoms. The van der Waals surface area contributed by atoms with Crippen molar-refractivity contribution in [3.8, 4) is 0 Å². The highest BCUT2D eigenvalue weighted by atomic mass is 32.2. The zero-order valence-corrected chi connectivity index (χ0v) is 12.4. The van der Waals surface area contributed by atoms with Crippen LogP contribution in [-0.2, 0) is 22.0 Å². The molecule has 0 saturated carbocycles. The molecule has 0 atom stereocenters. The van der Waals surface area contributed by atoms with Crippen LogP contribution in [0.3, 0.4) is 0 Å². The molecule has 0 amide bonds. The summed E-state index contributed by atoms with van der Waals surface area (Å²) in [5.41, 5.74) is 1.89. The summed E-state index contributed by atoms with van der Waals surface area (Å²) in [5.74, 6) is 0.0403. The van der Waals surface area contributed by atoms with Gasteiger partial charge in [0.2, 0.25) is 0 Å². The van der Waals surface area contributed by atoms with Crippen molar-refractivity contribution in [1.82, 2.24) is 4.98 Å². The van der Waals surface area contributed by atoms with Crippen molar-refractivity contribution < 1.29 is 8.42 Å². The van der Waals surface area contributed by atoms with Crippen molar-refractivity contribution in [3.05, 3.63) is 59.9 Å². The Balaban J connectivity index is 2.26. The quantitative estimate of drug-likeness (QED) is 0.819. The number of hydrogen-bond acceptors (Lipinski definition) is 3. The van der Waals surface area contributed by atoms with Crippen molar-refractivity contribution in [1.29, 1.82) is 0 Å². The van der Waals surface area contributed by atoms with Crippen LogP contribution in [0, 0.1) is 0 Å². The van der Waals surface area contributed by atoms with Gasteiger partial charge in [0.25, 0.3) is 0 Å². The van der Waals surface area contributed by atoms with Crippen molar-refractivity contribution in [2.45, 2.75) is 36.8 Å². The predicted molar refractivity (Wildman–Crippen MR) is 80.2 cm³/mol. The van der Waals surface area contributed by atoms with Crippen LogP contribution in [0.25, 0.3) is 0 Å². The second kappa shape index (κ2) is 6.66. The molecule has 0 spiro atoms. The predicted octanol–water partition coefficient (Wildman–Crippen LogP) is 3.40. The average Bonchev–Trinajstić information content (AvgIpc) is 2.47. The monoisotopic (exact) mass is 289 g/mol. The van der Waals surface area contributed by atoms with Crippen LogP contribution in [0.1, 0.15) is 30.9 Å². The van der Waals surface area contributed by atoms with Gasteiger partial charge in [-0.05, 0) is 42.2 Å². The normalized spacial score (nSPS) is 11.4. The minimum Gasteiger partial charge on any atom is -0.264 e. The standard InChI is InChI=1S/C16H19NO2S/c1-2-3-7-14-12-17-11-10-15(14)13-20(18,19)16-8-5-4-6-9-16/h4-6,8-12H,2-3,7,13H2,1H3. The third-order valence-corrected chi connectivity index (χ3v) is 4.93. The van der Waals surface area contributed by atoms with Gasteiger partial charge in [0.15, 0.2) is 9.84 Å². The Kier molecular flexibility index (Phi) is 4.90. The van der Waals surface area contributed by atoms with Crippen LogP contribution in [0.5, 0.6) is 0 Å². The van der Waals surface area contributed by atoms with Crippen LogP contribution in [0.2, 0.25) is 0 Å². The van der Waals surface area contributed by atoms with Crippen molar-refractivity contribution in [3.63, 3.8) is 0 Å². The van der Waals surface area contributed by atoms with Crippen LogP contribution in [0.15, 0.2) is 53.7 Å². The van der Waals surface area contributed by atoms with E-state index in [1.807, 2.05) is 12.1 Å². The van der Waals surface area contributed by atoms with Crippen molar-refractivity contribution >= 4 is 9.84 Å². The van der Waals surface area contributed by atoms with E-state index >= 15 is 0 Å². The van der Waals surface area contributed by atoms with Crippen molar-refractivity contribution in [2.24, 2.45) is 0 Å². The van der Waals surface area contributed by atoms with Gasteiger partial charge in [-0.3, -0.25) is 4.98 Å². The highest BCUT2D eigenvalue weighted by Gasteiger charge is 2.16. The van der Waals surface area contributed by atoms with E-state index < -0.39 is 9.84 Å². The number of benzene rings is 1. The summed E-state index contributed by atoms with van der Waals surface area (Å²) in [6.45, 7) is 2.12. The number of pyridine rings is 1. The number of unbranched alkanes of at least 4 members (excludes halogenated alkanes) is 1.